The van der Waals surface area contributed by atoms with Crippen LogP contribution in [0.15, 0.2) is 39.9 Å². The van der Waals surface area contributed by atoms with E-state index < -0.39 is 5.69 Å². The molecule has 1 saturated heterocycles. The average Bonchev–Trinajstić information content (AvgIpc) is 3.16. The molecule has 1 aromatic carbocycles. The molecule has 3 aromatic rings. The van der Waals surface area contributed by atoms with Gasteiger partial charge in [0.15, 0.2) is 11.2 Å². The molecular weight excluding hydrogens is 390 g/mol. The number of piperidine rings is 1. The summed E-state index contributed by atoms with van der Waals surface area (Å²) in [6.07, 6.45) is 7.78. The summed E-state index contributed by atoms with van der Waals surface area (Å²) in [5.74, 6) is 1.49. The largest absolute Gasteiger partial charge is 0.342 e. The molecule has 1 fully saturated rings. The first-order valence-corrected chi connectivity index (χ1v) is 11.6. The van der Waals surface area contributed by atoms with Crippen LogP contribution in [0.2, 0.25) is 0 Å². The van der Waals surface area contributed by atoms with Crippen molar-refractivity contribution < 1.29 is 0 Å². The van der Waals surface area contributed by atoms with Crippen LogP contribution < -0.4 is 16.1 Å². The van der Waals surface area contributed by atoms with E-state index in [1.54, 1.807) is 7.05 Å². The fraction of sp³-hybridized carbons (Fsp3) is 0.542. The van der Waals surface area contributed by atoms with Gasteiger partial charge in [0.25, 0.3) is 5.56 Å². The number of aryl methyl sites for hydroxylation is 2. The first-order valence-electron chi connectivity index (χ1n) is 11.6. The number of unbranched alkanes of at least 4 members (excludes halogenated alkanes) is 3. The first kappa shape index (κ1) is 21.4. The van der Waals surface area contributed by atoms with Crippen LogP contribution in [0.1, 0.15) is 51.0 Å². The van der Waals surface area contributed by atoms with Crippen molar-refractivity contribution in [2.24, 2.45) is 13.0 Å². The standard InChI is InChI=1S/C24H33N5O2/c1-3-4-5-9-14-29-20-21(27(2)24(31)26-22(20)30)25-23(29)28-15-12-19(13-16-28)17-18-10-7-6-8-11-18/h6-8,10-11,19H,3-5,9,12-17H2,1-2H3,(H,26,30,31). The van der Waals surface area contributed by atoms with E-state index in [0.29, 0.717) is 17.1 Å². The van der Waals surface area contributed by atoms with Gasteiger partial charge in [0.1, 0.15) is 0 Å². The topological polar surface area (TPSA) is 75.9 Å². The highest BCUT2D eigenvalue weighted by Crippen LogP contribution is 2.27. The van der Waals surface area contributed by atoms with Crippen LogP contribution in [0.5, 0.6) is 0 Å². The van der Waals surface area contributed by atoms with Crippen LogP contribution in [-0.4, -0.2) is 32.2 Å². The van der Waals surface area contributed by atoms with Gasteiger partial charge in [-0.3, -0.25) is 14.3 Å². The number of anilines is 1. The van der Waals surface area contributed by atoms with E-state index in [0.717, 1.165) is 57.7 Å². The zero-order chi connectivity index (χ0) is 21.8. The lowest BCUT2D eigenvalue weighted by Gasteiger charge is -2.33. The second kappa shape index (κ2) is 9.54. The van der Waals surface area contributed by atoms with Gasteiger partial charge in [0.2, 0.25) is 5.95 Å². The molecule has 0 aliphatic carbocycles. The Balaban J connectivity index is 1.57. The number of hydrogen-bond acceptors (Lipinski definition) is 4. The van der Waals surface area contributed by atoms with Crippen LogP contribution >= 0.6 is 0 Å². The van der Waals surface area contributed by atoms with Crippen LogP contribution in [0.4, 0.5) is 5.95 Å². The van der Waals surface area contributed by atoms with Gasteiger partial charge in [-0.25, -0.2) is 4.79 Å². The zero-order valence-corrected chi connectivity index (χ0v) is 18.6. The Labute approximate surface area is 182 Å². The fourth-order valence-electron chi connectivity index (χ4n) is 4.66. The second-order valence-electron chi connectivity index (χ2n) is 8.73. The zero-order valence-electron chi connectivity index (χ0n) is 18.6. The van der Waals surface area contributed by atoms with E-state index in [1.165, 1.54) is 23.0 Å². The molecule has 7 heteroatoms. The molecule has 0 amide bonds. The fourth-order valence-corrected chi connectivity index (χ4v) is 4.66. The van der Waals surface area contributed by atoms with Gasteiger partial charge in [0, 0.05) is 26.7 Å². The normalized spacial score (nSPS) is 15.1. The Kier molecular flexibility index (Phi) is 6.59. The third-order valence-corrected chi connectivity index (χ3v) is 6.49. The summed E-state index contributed by atoms with van der Waals surface area (Å²) in [4.78, 5) is 34.3. The minimum absolute atomic E-state index is 0.341. The molecule has 1 N–H and O–H groups in total. The van der Waals surface area contributed by atoms with Crippen LogP contribution in [-0.2, 0) is 20.0 Å². The van der Waals surface area contributed by atoms with E-state index >= 15 is 0 Å². The first-order chi connectivity index (χ1) is 15.1. The van der Waals surface area contributed by atoms with Gasteiger partial charge < -0.3 is 9.47 Å². The van der Waals surface area contributed by atoms with Gasteiger partial charge in [-0.15, -0.1) is 0 Å². The number of nitrogens with one attached hydrogen (secondary N) is 1. The summed E-state index contributed by atoms with van der Waals surface area (Å²) in [7, 11) is 1.67. The SMILES string of the molecule is CCCCCCn1c(N2CCC(Cc3ccccc3)CC2)nc2c1c(=O)[nH]c(=O)n2C. The van der Waals surface area contributed by atoms with Crippen molar-refractivity contribution >= 4 is 17.1 Å². The summed E-state index contributed by atoms with van der Waals surface area (Å²) < 4.78 is 3.49. The molecular formula is C24H33N5O2. The predicted octanol–water partition coefficient (Wildman–Crippen LogP) is 3.46. The van der Waals surface area contributed by atoms with E-state index in [2.05, 4.69) is 47.1 Å². The molecule has 0 bridgehead atoms. The van der Waals surface area contributed by atoms with Gasteiger partial charge in [-0.1, -0.05) is 56.5 Å². The molecule has 0 atom stereocenters. The smallest absolute Gasteiger partial charge is 0.329 e. The Morgan fingerprint density at radius 2 is 1.81 bits per heavy atom. The van der Waals surface area contributed by atoms with Crippen LogP contribution in [0, 0.1) is 5.92 Å². The van der Waals surface area contributed by atoms with E-state index in [-0.39, 0.29) is 5.56 Å². The molecule has 1 aliphatic rings. The number of rotatable bonds is 8. The number of benzene rings is 1. The lowest BCUT2D eigenvalue weighted by molar-refractivity contribution is 0.397. The number of H-pyrrole nitrogens is 1. The summed E-state index contributed by atoms with van der Waals surface area (Å²) in [5, 5.41) is 0. The molecule has 31 heavy (non-hydrogen) atoms. The lowest BCUT2D eigenvalue weighted by Crippen LogP contribution is -2.36. The van der Waals surface area contributed by atoms with Crippen LogP contribution in [0.3, 0.4) is 0 Å². The second-order valence-corrected chi connectivity index (χ2v) is 8.73. The van der Waals surface area contributed by atoms with E-state index in [4.69, 9.17) is 4.98 Å². The van der Waals surface area contributed by atoms with Gasteiger partial charge in [0.05, 0.1) is 0 Å². The number of aromatic nitrogens is 4. The Morgan fingerprint density at radius 3 is 2.52 bits per heavy atom. The molecule has 7 nitrogen and oxygen atoms in total. The third kappa shape index (κ3) is 4.60. The maximum atomic E-state index is 12.7. The molecule has 0 radical (unpaired) electrons. The molecule has 0 unspecified atom stereocenters. The van der Waals surface area contributed by atoms with Crippen molar-refractivity contribution in [3.63, 3.8) is 0 Å². The number of hydrogen-bond donors (Lipinski definition) is 1. The van der Waals surface area contributed by atoms with Gasteiger partial charge in [-0.05, 0) is 37.2 Å². The number of imidazole rings is 1. The summed E-state index contributed by atoms with van der Waals surface area (Å²) >= 11 is 0. The van der Waals surface area contributed by atoms with Gasteiger partial charge >= 0.3 is 5.69 Å². The highest BCUT2D eigenvalue weighted by atomic mass is 16.2. The Bertz CT molecular complexity index is 1120. The number of aromatic amines is 1. The van der Waals surface area contributed by atoms with Crippen LogP contribution in [0.25, 0.3) is 11.2 Å². The van der Waals surface area contributed by atoms with Crippen molar-refractivity contribution in [1.29, 1.82) is 0 Å². The van der Waals surface area contributed by atoms with Crippen molar-refractivity contribution in [2.45, 2.75) is 58.4 Å². The highest BCUT2D eigenvalue weighted by Gasteiger charge is 2.25. The third-order valence-electron chi connectivity index (χ3n) is 6.49. The average molecular weight is 424 g/mol. The van der Waals surface area contributed by atoms with Gasteiger partial charge in [-0.2, -0.15) is 4.98 Å². The minimum Gasteiger partial charge on any atom is -0.342 e. The lowest BCUT2D eigenvalue weighted by atomic mass is 9.90. The molecule has 166 valence electrons. The number of fused-ring (bicyclic) bond motifs is 1. The molecule has 3 heterocycles. The summed E-state index contributed by atoms with van der Waals surface area (Å²) in [6, 6.07) is 10.7. The van der Waals surface area contributed by atoms with Crippen molar-refractivity contribution in [2.75, 3.05) is 18.0 Å². The predicted molar refractivity (Wildman–Crippen MR) is 125 cm³/mol. The van der Waals surface area contributed by atoms with Crippen molar-refractivity contribution in [3.8, 4) is 0 Å². The molecule has 0 spiro atoms. The van der Waals surface area contributed by atoms with Crippen molar-refractivity contribution in [1.82, 2.24) is 19.1 Å². The molecule has 1 aliphatic heterocycles. The number of nitrogens with zero attached hydrogens (tertiary/aromatic N) is 4. The minimum atomic E-state index is -0.416. The Morgan fingerprint density at radius 1 is 1.06 bits per heavy atom. The Hall–Kier alpha value is -2.83. The molecule has 2 aromatic heterocycles. The maximum absolute atomic E-state index is 12.7. The van der Waals surface area contributed by atoms with E-state index in [9.17, 15) is 9.59 Å². The monoisotopic (exact) mass is 423 g/mol. The van der Waals surface area contributed by atoms with Crippen molar-refractivity contribution in [3.05, 3.63) is 56.7 Å². The summed E-state index contributed by atoms with van der Waals surface area (Å²) in [5.41, 5.74) is 1.63. The van der Waals surface area contributed by atoms with E-state index in [1.807, 2.05) is 4.57 Å². The highest BCUT2D eigenvalue weighted by molar-refractivity contribution is 5.74. The molecule has 4 rings (SSSR count). The molecule has 0 saturated carbocycles. The summed E-state index contributed by atoms with van der Waals surface area (Å²) in [6.45, 7) is 4.78. The quantitative estimate of drug-likeness (QED) is 0.563. The maximum Gasteiger partial charge on any atom is 0.329 e.